The fourth-order valence-electron chi connectivity index (χ4n) is 2.09. The van der Waals surface area contributed by atoms with E-state index < -0.39 is 0 Å². The van der Waals surface area contributed by atoms with Crippen LogP contribution < -0.4 is 4.74 Å². The lowest BCUT2D eigenvalue weighted by molar-refractivity contribution is -0.133. The minimum atomic E-state index is -0.204. The van der Waals surface area contributed by atoms with Crippen LogP contribution in [0.3, 0.4) is 0 Å². The molecule has 0 radical (unpaired) electrons. The summed E-state index contributed by atoms with van der Waals surface area (Å²) in [4.78, 5) is 13.7. The van der Waals surface area contributed by atoms with Crippen LogP contribution in [0.25, 0.3) is 0 Å². The second-order valence-corrected chi connectivity index (χ2v) is 5.67. The van der Waals surface area contributed by atoms with Gasteiger partial charge in [0.1, 0.15) is 5.75 Å². The quantitative estimate of drug-likeness (QED) is 0.738. The Morgan fingerprint density at radius 2 is 1.83 bits per heavy atom. The second kappa shape index (κ2) is 9.48. The van der Waals surface area contributed by atoms with Crippen LogP contribution in [0.4, 0.5) is 0 Å². The Balaban J connectivity index is 2.71. The van der Waals surface area contributed by atoms with Crippen molar-refractivity contribution in [1.29, 1.82) is 10.5 Å². The number of ether oxygens (including phenoxy) is 1. The molecule has 0 aliphatic rings. The molecule has 0 spiro atoms. The van der Waals surface area contributed by atoms with E-state index in [-0.39, 0.29) is 25.4 Å². The minimum Gasteiger partial charge on any atom is -0.483 e. The molecule has 1 rings (SSSR count). The number of carbonyl (C=O) groups is 1. The number of benzene rings is 1. The van der Waals surface area contributed by atoms with Gasteiger partial charge < -0.3 is 9.64 Å². The predicted octanol–water partition coefficient (Wildman–Crippen LogP) is 3.15. The van der Waals surface area contributed by atoms with Crippen LogP contribution in [0.1, 0.15) is 43.7 Å². The van der Waals surface area contributed by atoms with Crippen LogP contribution >= 0.6 is 0 Å². The highest BCUT2D eigenvalue weighted by Crippen LogP contribution is 2.24. The van der Waals surface area contributed by atoms with E-state index in [2.05, 4.69) is 19.9 Å². The highest BCUT2D eigenvalue weighted by Gasteiger charge is 2.14. The summed E-state index contributed by atoms with van der Waals surface area (Å²) >= 11 is 0. The molecule has 0 fully saturated rings. The molecule has 0 aliphatic carbocycles. The summed E-state index contributed by atoms with van der Waals surface area (Å²) in [6.45, 7) is 6.71. The number of rotatable bonds is 8. The van der Waals surface area contributed by atoms with Crippen LogP contribution in [0.15, 0.2) is 18.2 Å². The lowest BCUT2D eigenvalue weighted by Gasteiger charge is -2.21. The number of amides is 1. The van der Waals surface area contributed by atoms with Crippen molar-refractivity contribution >= 4 is 5.91 Å². The van der Waals surface area contributed by atoms with Crippen LogP contribution in [0.5, 0.6) is 5.75 Å². The van der Waals surface area contributed by atoms with Gasteiger partial charge in [-0.05, 0) is 30.0 Å². The molecule has 122 valence electrons. The van der Waals surface area contributed by atoms with E-state index in [0.717, 1.165) is 11.1 Å². The van der Waals surface area contributed by atoms with Crippen molar-refractivity contribution in [2.75, 3.05) is 19.7 Å². The first-order valence-electron chi connectivity index (χ1n) is 7.74. The third-order valence-corrected chi connectivity index (χ3v) is 3.57. The van der Waals surface area contributed by atoms with Crippen molar-refractivity contribution in [2.24, 2.45) is 0 Å². The maximum atomic E-state index is 12.2. The summed E-state index contributed by atoms with van der Waals surface area (Å²) in [6, 6.07) is 10.0. The van der Waals surface area contributed by atoms with Crippen LogP contribution in [0.2, 0.25) is 0 Å². The van der Waals surface area contributed by atoms with Gasteiger partial charge in [-0.25, -0.2) is 0 Å². The first-order chi connectivity index (χ1) is 11.0. The zero-order valence-electron chi connectivity index (χ0n) is 14.0. The molecule has 0 aromatic heterocycles. The SMILES string of the molecule is Cc1ccc(C(C)C)cc1OCC(=O)N(CCC#N)CCC#N. The molecule has 23 heavy (non-hydrogen) atoms. The summed E-state index contributed by atoms with van der Waals surface area (Å²) in [6.07, 6.45) is 0.498. The molecule has 1 amide bonds. The van der Waals surface area contributed by atoms with E-state index in [1.54, 1.807) is 0 Å². The molecule has 0 bridgehead atoms. The first kappa shape index (κ1) is 18.5. The van der Waals surface area contributed by atoms with Crippen LogP contribution in [-0.2, 0) is 4.79 Å². The van der Waals surface area contributed by atoms with Gasteiger partial charge in [-0.3, -0.25) is 4.79 Å². The molecule has 0 unspecified atom stereocenters. The van der Waals surface area contributed by atoms with Gasteiger partial charge in [-0.2, -0.15) is 10.5 Å². The van der Waals surface area contributed by atoms with Crippen molar-refractivity contribution in [1.82, 2.24) is 4.90 Å². The largest absolute Gasteiger partial charge is 0.483 e. The van der Waals surface area contributed by atoms with E-state index in [1.807, 2.05) is 31.2 Å². The minimum absolute atomic E-state index is 0.0841. The fraction of sp³-hybridized carbons (Fsp3) is 0.500. The number of aryl methyl sites for hydroxylation is 1. The first-order valence-corrected chi connectivity index (χ1v) is 7.74. The van der Waals surface area contributed by atoms with Crippen molar-refractivity contribution in [2.45, 2.75) is 39.5 Å². The van der Waals surface area contributed by atoms with E-state index in [9.17, 15) is 4.79 Å². The molecule has 0 heterocycles. The highest BCUT2D eigenvalue weighted by atomic mass is 16.5. The topological polar surface area (TPSA) is 77.1 Å². The molecule has 1 aromatic carbocycles. The van der Waals surface area contributed by atoms with Gasteiger partial charge in [0.2, 0.25) is 0 Å². The van der Waals surface area contributed by atoms with Crippen molar-refractivity contribution in [3.8, 4) is 17.9 Å². The monoisotopic (exact) mass is 313 g/mol. The summed E-state index contributed by atoms with van der Waals surface area (Å²) in [7, 11) is 0. The average molecular weight is 313 g/mol. The number of carbonyl (C=O) groups excluding carboxylic acids is 1. The lowest BCUT2D eigenvalue weighted by Crippen LogP contribution is -2.36. The maximum absolute atomic E-state index is 12.2. The van der Waals surface area contributed by atoms with Crippen molar-refractivity contribution in [3.63, 3.8) is 0 Å². The van der Waals surface area contributed by atoms with Gasteiger partial charge in [-0.1, -0.05) is 26.0 Å². The number of nitriles is 2. The number of nitrogens with zero attached hydrogens (tertiary/aromatic N) is 3. The fourth-order valence-corrected chi connectivity index (χ4v) is 2.09. The third kappa shape index (κ3) is 6.00. The standard InChI is InChI=1S/C18H23N3O2/c1-14(2)16-7-6-15(3)17(12-16)23-13-18(22)21(10-4-8-19)11-5-9-20/h6-7,12,14H,4-5,10-11,13H2,1-3H3. The summed E-state index contributed by atoms with van der Waals surface area (Å²) in [5, 5.41) is 17.3. The molecule has 0 saturated carbocycles. The smallest absolute Gasteiger partial charge is 0.260 e. The van der Waals surface area contributed by atoms with Crippen molar-refractivity contribution in [3.05, 3.63) is 29.3 Å². The van der Waals surface area contributed by atoms with Crippen LogP contribution in [-0.4, -0.2) is 30.5 Å². The summed E-state index contributed by atoms with van der Waals surface area (Å²) in [5.41, 5.74) is 2.13. The molecule has 1 aromatic rings. The Morgan fingerprint density at radius 1 is 1.22 bits per heavy atom. The Morgan fingerprint density at radius 3 is 2.35 bits per heavy atom. The van der Waals surface area contributed by atoms with Gasteiger partial charge in [0.25, 0.3) is 5.91 Å². The summed E-state index contributed by atoms with van der Waals surface area (Å²) < 4.78 is 5.67. The van der Waals surface area contributed by atoms with Gasteiger partial charge in [0, 0.05) is 13.1 Å². The van der Waals surface area contributed by atoms with E-state index in [0.29, 0.717) is 24.8 Å². The molecule has 0 atom stereocenters. The third-order valence-electron chi connectivity index (χ3n) is 3.57. The molecule has 0 aliphatic heterocycles. The Kier molecular flexibility index (Phi) is 7.63. The zero-order chi connectivity index (χ0) is 17.2. The molecular formula is C18H23N3O2. The normalized spacial score (nSPS) is 10.0. The van der Waals surface area contributed by atoms with Gasteiger partial charge in [-0.15, -0.1) is 0 Å². The average Bonchev–Trinajstić information content (AvgIpc) is 2.53. The van der Waals surface area contributed by atoms with E-state index >= 15 is 0 Å². The molecule has 5 nitrogen and oxygen atoms in total. The number of hydrogen-bond acceptors (Lipinski definition) is 4. The highest BCUT2D eigenvalue weighted by molar-refractivity contribution is 5.77. The second-order valence-electron chi connectivity index (χ2n) is 5.67. The van der Waals surface area contributed by atoms with Crippen LogP contribution in [0, 0.1) is 29.6 Å². The Labute approximate surface area is 138 Å². The molecular weight excluding hydrogens is 290 g/mol. The van der Waals surface area contributed by atoms with E-state index in [4.69, 9.17) is 15.3 Å². The predicted molar refractivity (Wildman–Crippen MR) is 87.8 cm³/mol. The van der Waals surface area contributed by atoms with Gasteiger partial charge in [0.15, 0.2) is 6.61 Å². The molecule has 0 saturated heterocycles. The molecule has 0 N–H and O–H groups in total. The zero-order valence-corrected chi connectivity index (χ0v) is 14.0. The van der Waals surface area contributed by atoms with E-state index in [1.165, 1.54) is 4.90 Å². The van der Waals surface area contributed by atoms with Gasteiger partial charge >= 0.3 is 0 Å². The lowest BCUT2D eigenvalue weighted by atomic mass is 10.0. The Bertz CT molecular complexity index is 594. The maximum Gasteiger partial charge on any atom is 0.260 e. The van der Waals surface area contributed by atoms with Crippen molar-refractivity contribution < 1.29 is 9.53 Å². The van der Waals surface area contributed by atoms with Gasteiger partial charge in [0.05, 0.1) is 25.0 Å². The molecule has 5 heteroatoms. The number of hydrogen-bond donors (Lipinski definition) is 0. The summed E-state index contributed by atoms with van der Waals surface area (Å²) in [5.74, 6) is 0.881. The Hall–Kier alpha value is -2.53.